The van der Waals surface area contributed by atoms with Crippen LogP contribution in [0, 0.1) is 11.8 Å². The SMILES string of the molecule is O=C(NCCCNC(=O)N1CCC2CCCCC2C1)Nc1cccs1. The molecule has 1 aliphatic heterocycles. The third-order valence-electron chi connectivity index (χ3n) is 5.25. The quantitative estimate of drug-likeness (QED) is 0.700. The zero-order valence-corrected chi connectivity index (χ0v) is 15.4. The van der Waals surface area contributed by atoms with Crippen LogP contribution in [0.15, 0.2) is 17.5 Å². The minimum atomic E-state index is -0.201. The fraction of sp³-hybridized carbons (Fsp3) is 0.667. The van der Waals surface area contributed by atoms with Crippen LogP contribution < -0.4 is 16.0 Å². The molecule has 3 rings (SSSR count). The number of carbonyl (C=O) groups excluding carboxylic acids is 2. The van der Waals surface area contributed by atoms with Gasteiger partial charge in [-0.3, -0.25) is 5.32 Å². The number of piperidine rings is 1. The molecule has 0 spiro atoms. The molecule has 6 nitrogen and oxygen atoms in total. The number of amides is 4. The molecule has 3 N–H and O–H groups in total. The molecule has 2 atom stereocenters. The van der Waals surface area contributed by atoms with Gasteiger partial charge in [-0.25, -0.2) is 9.59 Å². The van der Waals surface area contributed by atoms with E-state index in [-0.39, 0.29) is 12.1 Å². The van der Waals surface area contributed by atoms with Crippen LogP contribution in [0.3, 0.4) is 0 Å². The van der Waals surface area contributed by atoms with Gasteiger partial charge in [-0.1, -0.05) is 19.3 Å². The molecular weight excluding hydrogens is 336 g/mol. The number of likely N-dealkylation sites (tertiary alicyclic amines) is 1. The van der Waals surface area contributed by atoms with E-state index in [1.807, 2.05) is 22.4 Å². The molecule has 2 aliphatic rings. The largest absolute Gasteiger partial charge is 0.338 e. The van der Waals surface area contributed by atoms with Gasteiger partial charge in [0.2, 0.25) is 0 Å². The van der Waals surface area contributed by atoms with E-state index in [2.05, 4.69) is 16.0 Å². The van der Waals surface area contributed by atoms with Crippen LogP contribution in [0.2, 0.25) is 0 Å². The minimum Gasteiger partial charge on any atom is -0.338 e. The van der Waals surface area contributed by atoms with Crippen LogP contribution in [0.4, 0.5) is 14.6 Å². The van der Waals surface area contributed by atoms with Crippen molar-refractivity contribution in [2.45, 2.75) is 38.5 Å². The van der Waals surface area contributed by atoms with Crippen molar-refractivity contribution in [3.63, 3.8) is 0 Å². The van der Waals surface area contributed by atoms with Gasteiger partial charge in [0, 0.05) is 26.2 Å². The highest BCUT2D eigenvalue weighted by atomic mass is 32.1. The highest BCUT2D eigenvalue weighted by molar-refractivity contribution is 7.14. The maximum atomic E-state index is 12.3. The van der Waals surface area contributed by atoms with Crippen LogP contribution in [-0.4, -0.2) is 43.1 Å². The van der Waals surface area contributed by atoms with Crippen molar-refractivity contribution in [1.29, 1.82) is 0 Å². The lowest BCUT2D eigenvalue weighted by molar-refractivity contribution is 0.102. The summed E-state index contributed by atoms with van der Waals surface area (Å²) in [5, 5.41) is 11.3. The van der Waals surface area contributed by atoms with Crippen molar-refractivity contribution >= 4 is 28.4 Å². The number of nitrogens with one attached hydrogen (secondary N) is 3. The first-order chi connectivity index (χ1) is 12.2. The molecular formula is C18H28N4O2S. The molecule has 2 heterocycles. The Morgan fingerprint density at radius 2 is 1.92 bits per heavy atom. The van der Waals surface area contributed by atoms with Crippen molar-refractivity contribution in [3.05, 3.63) is 17.5 Å². The summed E-state index contributed by atoms with van der Waals surface area (Å²) in [6.07, 6.45) is 7.18. The zero-order chi connectivity index (χ0) is 17.5. The molecule has 2 unspecified atom stereocenters. The molecule has 1 aromatic heterocycles. The van der Waals surface area contributed by atoms with E-state index in [4.69, 9.17) is 0 Å². The third-order valence-corrected chi connectivity index (χ3v) is 6.04. The number of thiophene rings is 1. The average Bonchev–Trinajstić information content (AvgIpc) is 3.13. The lowest BCUT2D eigenvalue weighted by Crippen LogP contribution is -2.49. The summed E-state index contributed by atoms with van der Waals surface area (Å²) in [5.41, 5.74) is 0. The van der Waals surface area contributed by atoms with Crippen LogP contribution in [0.1, 0.15) is 38.5 Å². The van der Waals surface area contributed by atoms with Crippen molar-refractivity contribution in [3.8, 4) is 0 Å². The first kappa shape index (κ1) is 18.0. The Morgan fingerprint density at radius 3 is 2.72 bits per heavy atom. The molecule has 1 aliphatic carbocycles. The summed E-state index contributed by atoms with van der Waals surface area (Å²) < 4.78 is 0. The van der Waals surface area contributed by atoms with E-state index < -0.39 is 0 Å². The molecule has 1 aromatic rings. The zero-order valence-electron chi connectivity index (χ0n) is 14.6. The standard InChI is InChI=1S/C18H28N4O2S/c23-17(21-16-7-3-12-25-16)19-9-4-10-20-18(24)22-11-8-14-5-1-2-6-15(14)13-22/h3,7,12,14-15H,1-2,4-6,8-11,13H2,(H,20,24)(H2,19,21,23). The second-order valence-electron chi connectivity index (χ2n) is 6.98. The topological polar surface area (TPSA) is 73.5 Å². The fourth-order valence-corrected chi connectivity index (χ4v) is 4.50. The molecule has 4 amide bonds. The summed E-state index contributed by atoms with van der Waals surface area (Å²) >= 11 is 1.49. The van der Waals surface area contributed by atoms with Gasteiger partial charge in [0.25, 0.3) is 0 Å². The second-order valence-corrected chi connectivity index (χ2v) is 7.93. The molecule has 0 aromatic carbocycles. The Kier molecular flexibility index (Phi) is 6.55. The van der Waals surface area contributed by atoms with E-state index >= 15 is 0 Å². The van der Waals surface area contributed by atoms with Crippen molar-refractivity contribution in [2.24, 2.45) is 11.8 Å². The Bertz CT molecular complexity index is 563. The van der Waals surface area contributed by atoms with Gasteiger partial charge in [0.05, 0.1) is 5.00 Å². The Labute approximate surface area is 153 Å². The molecule has 1 saturated heterocycles. The predicted molar refractivity (Wildman–Crippen MR) is 101 cm³/mol. The normalized spacial score (nSPS) is 22.8. The molecule has 2 fully saturated rings. The van der Waals surface area contributed by atoms with Gasteiger partial charge in [-0.2, -0.15) is 0 Å². The number of nitrogens with zero attached hydrogens (tertiary/aromatic N) is 1. The first-order valence-corrected chi connectivity index (χ1v) is 10.2. The molecule has 7 heteroatoms. The number of hydrogen-bond acceptors (Lipinski definition) is 3. The van der Waals surface area contributed by atoms with Gasteiger partial charge in [0.15, 0.2) is 0 Å². The third kappa shape index (κ3) is 5.36. The van der Waals surface area contributed by atoms with Gasteiger partial charge >= 0.3 is 12.1 Å². The van der Waals surface area contributed by atoms with Crippen LogP contribution in [0.5, 0.6) is 0 Å². The van der Waals surface area contributed by atoms with E-state index in [1.165, 1.54) is 37.0 Å². The molecule has 0 bridgehead atoms. The number of hydrogen-bond donors (Lipinski definition) is 3. The number of fused-ring (bicyclic) bond motifs is 1. The molecule has 25 heavy (non-hydrogen) atoms. The summed E-state index contributed by atoms with van der Waals surface area (Å²) in [6.45, 7) is 2.93. The number of anilines is 1. The number of rotatable bonds is 5. The molecule has 0 radical (unpaired) electrons. The predicted octanol–water partition coefficient (Wildman–Crippen LogP) is 3.48. The summed E-state index contributed by atoms with van der Waals surface area (Å²) in [6, 6.07) is 3.60. The highest BCUT2D eigenvalue weighted by Gasteiger charge is 2.32. The fourth-order valence-electron chi connectivity index (χ4n) is 3.89. The Morgan fingerprint density at radius 1 is 1.12 bits per heavy atom. The molecule has 138 valence electrons. The van der Waals surface area contributed by atoms with Gasteiger partial charge in [0.1, 0.15) is 0 Å². The van der Waals surface area contributed by atoms with Crippen LogP contribution in [0.25, 0.3) is 0 Å². The van der Waals surface area contributed by atoms with Crippen molar-refractivity contribution in [1.82, 2.24) is 15.5 Å². The first-order valence-electron chi connectivity index (χ1n) is 9.33. The maximum Gasteiger partial charge on any atom is 0.319 e. The van der Waals surface area contributed by atoms with Crippen LogP contribution in [-0.2, 0) is 0 Å². The summed E-state index contributed by atoms with van der Waals surface area (Å²) in [4.78, 5) is 26.0. The number of carbonyl (C=O) groups is 2. The average molecular weight is 365 g/mol. The van der Waals surface area contributed by atoms with Gasteiger partial charge < -0.3 is 15.5 Å². The lowest BCUT2D eigenvalue weighted by Gasteiger charge is -2.41. The smallest absolute Gasteiger partial charge is 0.319 e. The summed E-state index contributed by atoms with van der Waals surface area (Å²) in [7, 11) is 0. The monoisotopic (exact) mass is 364 g/mol. The van der Waals surface area contributed by atoms with E-state index in [1.54, 1.807) is 0 Å². The second kappa shape index (κ2) is 9.08. The van der Waals surface area contributed by atoms with E-state index in [0.717, 1.165) is 36.9 Å². The Hall–Kier alpha value is -1.76. The lowest BCUT2D eigenvalue weighted by atomic mass is 9.75. The number of urea groups is 2. The van der Waals surface area contributed by atoms with E-state index in [9.17, 15) is 9.59 Å². The van der Waals surface area contributed by atoms with Gasteiger partial charge in [-0.15, -0.1) is 11.3 Å². The van der Waals surface area contributed by atoms with Crippen molar-refractivity contribution < 1.29 is 9.59 Å². The van der Waals surface area contributed by atoms with Gasteiger partial charge in [-0.05, 0) is 48.6 Å². The van der Waals surface area contributed by atoms with Crippen LogP contribution >= 0.6 is 11.3 Å². The Balaban J connectivity index is 1.27. The van der Waals surface area contributed by atoms with Crippen molar-refractivity contribution in [2.75, 3.05) is 31.5 Å². The minimum absolute atomic E-state index is 0.0482. The summed E-state index contributed by atoms with van der Waals surface area (Å²) in [5.74, 6) is 1.54. The molecule has 1 saturated carbocycles. The van der Waals surface area contributed by atoms with E-state index in [0.29, 0.717) is 19.0 Å². The highest BCUT2D eigenvalue weighted by Crippen LogP contribution is 2.35. The maximum absolute atomic E-state index is 12.3.